The highest BCUT2D eigenvalue weighted by molar-refractivity contribution is 6.63. The molecule has 4 aromatic heterocycles. The molecule has 10 aromatic rings. The van der Waals surface area contributed by atoms with Gasteiger partial charge in [-0.3, -0.25) is 20.2 Å². The monoisotopic (exact) mass is 1250 g/mol. The number of rotatable bonds is 19. The molecule has 21 heteroatoms. The topological polar surface area (TPSA) is 253 Å². The number of anilines is 6. The Morgan fingerprint density at radius 3 is 1.34 bits per heavy atom. The lowest BCUT2D eigenvalue weighted by atomic mass is 9.92. The van der Waals surface area contributed by atoms with Gasteiger partial charge in [0.15, 0.2) is 0 Å². The van der Waals surface area contributed by atoms with Crippen LogP contribution in [0.2, 0.25) is 0 Å². The number of nitrogen functional groups attached to an aromatic ring is 1. The van der Waals surface area contributed by atoms with E-state index in [-0.39, 0.29) is 42.0 Å². The Labute approximate surface area is 534 Å². The molecule has 91 heavy (non-hydrogen) atoms. The fourth-order valence-electron chi connectivity index (χ4n) is 9.42. The van der Waals surface area contributed by atoms with Crippen LogP contribution in [0.25, 0.3) is 32.9 Å². The largest absolute Gasteiger partial charge is 0.493 e. The average Bonchev–Trinajstić information content (AvgIpc) is 1.82. The van der Waals surface area contributed by atoms with Crippen molar-refractivity contribution in [1.82, 2.24) is 29.5 Å². The Balaban J connectivity index is 0.000000216. The highest BCUT2D eigenvalue weighted by Crippen LogP contribution is 2.32. The third-order valence-corrected chi connectivity index (χ3v) is 14.2. The van der Waals surface area contributed by atoms with Crippen LogP contribution in [-0.2, 0) is 42.7 Å². The molecule has 0 unspecified atom stereocenters. The van der Waals surface area contributed by atoms with E-state index in [1.165, 1.54) is 14.2 Å². The van der Waals surface area contributed by atoms with Gasteiger partial charge < -0.3 is 40.6 Å². The molecule has 7 N–H and O–H groups in total. The average molecular weight is 1250 g/mol. The van der Waals surface area contributed by atoms with E-state index in [0.29, 0.717) is 66.5 Å². The minimum atomic E-state index is -0.461. The summed E-state index contributed by atoms with van der Waals surface area (Å²) in [6.07, 6.45) is 4.53. The first-order chi connectivity index (χ1) is 43.5. The Morgan fingerprint density at radius 1 is 0.505 bits per heavy atom. The van der Waals surface area contributed by atoms with E-state index in [2.05, 4.69) is 88.9 Å². The molecule has 5 amide bonds. The number of carbonyl (C=O) groups excluding carboxylic acids is 4. The van der Waals surface area contributed by atoms with Gasteiger partial charge in [0.25, 0.3) is 5.91 Å². The fourth-order valence-corrected chi connectivity index (χ4v) is 9.53. The summed E-state index contributed by atoms with van der Waals surface area (Å²) in [7, 11) is 2.87. The molecule has 0 atom stereocenters. The van der Waals surface area contributed by atoms with Gasteiger partial charge in [-0.1, -0.05) is 138 Å². The van der Waals surface area contributed by atoms with Gasteiger partial charge in [-0.05, 0) is 95.9 Å². The molecule has 0 spiro atoms. The van der Waals surface area contributed by atoms with Gasteiger partial charge in [0.1, 0.15) is 48.0 Å². The van der Waals surface area contributed by atoms with E-state index < -0.39 is 5.24 Å². The zero-order valence-corrected chi connectivity index (χ0v) is 53.6. The zero-order chi connectivity index (χ0) is 65.2. The highest BCUT2D eigenvalue weighted by Gasteiger charge is 2.24. The first-order valence-electron chi connectivity index (χ1n) is 29.5. The number of ether oxygens (including phenoxy) is 4. The Kier molecular flexibility index (Phi) is 22.6. The molecular weight excluding hydrogens is 1170 g/mol. The van der Waals surface area contributed by atoms with E-state index in [9.17, 15) is 19.2 Å². The number of methoxy groups -OCH3 is 2. The van der Waals surface area contributed by atoms with E-state index >= 15 is 0 Å². The number of aromatic nitrogens is 6. The van der Waals surface area contributed by atoms with Crippen LogP contribution in [0.4, 0.5) is 44.2 Å². The molecular formula is C70H77ClN12O8. The molecule has 10 rings (SSSR count). The van der Waals surface area contributed by atoms with Gasteiger partial charge >= 0.3 is 12.1 Å². The molecule has 0 aliphatic rings. The summed E-state index contributed by atoms with van der Waals surface area (Å²) in [5, 5.41) is 27.9. The van der Waals surface area contributed by atoms with Crippen LogP contribution in [0.3, 0.4) is 0 Å². The summed E-state index contributed by atoms with van der Waals surface area (Å²) >= 11 is 4.81. The minimum absolute atomic E-state index is 0.00154. The van der Waals surface area contributed by atoms with Crippen molar-refractivity contribution >= 4 is 91.0 Å². The molecule has 0 aliphatic heterocycles. The van der Waals surface area contributed by atoms with E-state index in [4.69, 9.17) is 41.7 Å². The number of pyridine rings is 2. The molecule has 472 valence electrons. The predicted molar refractivity (Wildman–Crippen MR) is 362 cm³/mol. The number of benzene rings is 6. The third-order valence-electron chi connectivity index (χ3n) is 14.1. The van der Waals surface area contributed by atoms with Gasteiger partial charge in [0.2, 0.25) is 5.24 Å². The van der Waals surface area contributed by atoms with Crippen LogP contribution in [-0.4, -0.2) is 93.4 Å². The number of carbonyl (C=O) groups is 4. The van der Waals surface area contributed by atoms with Gasteiger partial charge in [0, 0.05) is 85.3 Å². The lowest BCUT2D eigenvalue weighted by Crippen LogP contribution is -2.21. The summed E-state index contributed by atoms with van der Waals surface area (Å²) in [5.74, 6) is 2.99. The number of hydrogen-bond acceptors (Lipinski definition) is 13. The number of hydrogen-bond donors (Lipinski definition) is 6. The number of halogens is 1. The number of urea groups is 2. The molecule has 0 aliphatic carbocycles. The predicted octanol–water partition coefficient (Wildman–Crippen LogP) is 14.1. The quantitative estimate of drug-likeness (QED) is 0.0413. The second-order valence-corrected chi connectivity index (χ2v) is 23.8. The van der Waals surface area contributed by atoms with Crippen molar-refractivity contribution in [1.29, 1.82) is 0 Å². The molecule has 0 fully saturated rings. The van der Waals surface area contributed by atoms with Gasteiger partial charge in [-0.15, -0.1) is 0 Å². The molecule has 20 nitrogen and oxygen atoms in total. The Morgan fingerprint density at radius 2 is 0.934 bits per heavy atom. The maximum atomic E-state index is 13.3. The van der Waals surface area contributed by atoms with E-state index in [0.717, 1.165) is 72.2 Å². The number of amides is 5. The standard InChI is InChI=1S/C35H38N6O4.C32H34N6O2.C3H5ClO2/c1-23-10-13-25(14-11-23)41-32(21-30(40-41)35(2,3)4)39-34(43)37-29-15-12-24(27-8-6-7-9-28(27)29)17-19-45-26-16-18-36-31(20-26)38-33(42)22-44-5;1-21-9-12-23(13-10-21)38-30(20-28(37-38)32(2,3)4)36-31(39)35-27-14-11-22(25-7-5-6-8-26(25)27)16-18-40-24-15-17-34-29(33)19-24;1-6-2-3(4)5/h6-16,18,20-21H,17,19,22H2,1-5H3,(H,36,38,42)(H2,37,39,43);5-15,17,19-20H,16,18H2,1-4H3,(H2,33,34)(H2,35,36,39);2H2,1H3. The van der Waals surface area contributed by atoms with Crippen LogP contribution >= 0.6 is 11.6 Å². The lowest BCUT2D eigenvalue weighted by Gasteiger charge is -2.14. The highest BCUT2D eigenvalue weighted by atomic mass is 35.5. The van der Waals surface area contributed by atoms with Crippen molar-refractivity contribution in [3.05, 3.63) is 204 Å². The SMILES string of the molecule is COCC(=O)Cl.COCC(=O)Nc1cc(OCCc2ccc(NC(=O)Nc3cc(C(C)(C)C)nn3-c3ccc(C)cc3)c3ccccc23)ccn1.Cc1ccc(-n2nc(C(C)(C)C)cc2NC(=O)Nc2ccc(CCOc3ccnc(N)c3)c3ccccc23)cc1. The minimum Gasteiger partial charge on any atom is -0.493 e. The van der Waals surface area contributed by atoms with Crippen LogP contribution in [0, 0.1) is 13.8 Å². The Hall–Kier alpha value is -10.2. The summed E-state index contributed by atoms with van der Waals surface area (Å²) < 4.78 is 24.6. The third kappa shape index (κ3) is 18.9. The number of aryl methyl sites for hydroxylation is 2. The summed E-state index contributed by atoms with van der Waals surface area (Å²) in [6, 6.07) is 50.0. The van der Waals surface area contributed by atoms with Crippen molar-refractivity contribution in [2.75, 3.05) is 73.0 Å². The maximum absolute atomic E-state index is 13.3. The Bertz CT molecular complexity index is 4140. The lowest BCUT2D eigenvalue weighted by molar-refractivity contribution is -0.119. The van der Waals surface area contributed by atoms with Gasteiger partial charge in [-0.25, -0.2) is 28.9 Å². The summed E-state index contributed by atoms with van der Waals surface area (Å²) in [4.78, 5) is 56.2. The summed E-state index contributed by atoms with van der Waals surface area (Å²) in [5.41, 5.74) is 14.8. The second kappa shape index (κ2) is 30.9. The zero-order valence-electron chi connectivity index (χ0n) is 52.8. The van der Waals surface area contributed by atoms with Crippen LogP contribution < -0.4 is 41.8 Å². The van der Waals surface area contributed by atoms with Crippen molar-refractivity contribution in [2.45, 2.75) is 79.1 Å². The fraction of sp³-hybridized carbons (Fsp3) is 0.257. The normalized spacial score (nSPS) is 11.2. The second-order valence-electron chi connectivity index (χ2n) is 23.4. The molecule has 0 saturated carbocycles. The number of nitrogens with zero attached hydrogens (tertiary/aromatic N) is 6. The molecule has 0 bridgehead atoms. The number of nitrogens with one attached hydrogen (secondary N) is 5. The van der Waals surface area contributed by atoms with Crippen molar-refractivity contribution in [3.8, 4) is 22.9 Å². The van der Waals surface area contributed by atoms with Crippen molar-refractivity contribution in [2.24, 2.45) is 0 Å². The van der Waals surface area contributed by atoms with Crippen LogP contribution in [0.15, 0.2) is 170 Å². The van der Waals surface area contributed by atoms with E-state index in [1.807, 2.05) is 141 Å². The number of nitrogens with two attached hydrogens (primary N) is 1. The van der Waals surface area contributed by atoms with Crippen LogP contribution in [0.5, 0.6) is 11.5 Å². The molecule has 6 aromatic carbocycles. The van der Waals surface area contributed by atoms with E-state index in [1.54, 1.807) is 46.0 Å². The summed E-state index contributed by atoms with van der Waals surface area (Å²) in [6.45, 7) is 17.5. The van der Waals surface area contributed by atoms with Gasteiger partial charge in [-0.2, -0.15) is 10.2 Å². The first-order valence-corrected chi connectivity index (χ1v) is 29.8. The smallest absolute Gasteiger partial charge is 0.324 e. The maximum Gasteiger partial charge on any atom is 0.324 e. The van der Waals surface area contributed by atoms with Gasteiger partial charge in [0.05, 0.1) is 47.4 Å². The molecule has 4 heterocycles. The van der Waals surface area contributed by atoms with Crippen molar-refractivity contribution < 1.29 is 38.1 Å². The molecule has 0 radical (unpaired) electrons. The molecule has 0 saturated heterocycles. The first kappa shape index (κ1) is 66.8. The van der Waals surface area contributed by atoms with Crippen LogP contribution in [0.1, 0.15) is 75.2 Å². The van der Waals surface area contributed by atoms with Crippen molar-refractivity contribution in [3.63, 3.8) is 0 Å². The number of fused-ring (bicyclic) bond motifs is 2.